The number of anilines is 1. The van der Waals surface area contributed by atoms with Crippen LogP contribution < -0.4 is 15.4 Å². The first-order valence-corrected chi connectivity index (χ1v) is 7.58. The Kier molecular flexibility index (Phi) is 4.60. The number of nitrogens with two attached hydrogens (primary N) is 1. The Labute approximate surface area is 115 Å². The van der Waals surface area contributed by atoms with Crippen LogP contribution in [0.15, 0.2) is 23.1 Å². The first kappa shape index (κ1) is 15.9. The van der Waals surface area contributed by atoms with Crippen LogP contribution in [0.5, 0.6) is 0 Å². The largest absolute Gasteiger partial charge is 0.377 e. The van der Waals surface area contributed by atoms with Gasteiger partial charge in [-0.3, -0.25) is 0 Å². The van der Waals surface area contributed by atoms with Gasteiger partial charge in [-0.1, -0.05) is 6.07 Å². The van der Waals surface area contributed by atoms with E-state index in [0.29, 0.717) is 0 Å². The monoisotopic (exact) mass is 285 g/mol. The molecule has 0 atom stereocenters. The van der Waals surface area contributed by atoms with Gasteiger partial charge >= 0.3 is 0 Å². The van der Waals surface area contributed by atoms with Crippen LogP contribution in [0.3, 0.4) is 0 Å². The lowest BCUT2D eigenvalue weighted by Crippen LogP contribution is -2.45. The molecule has 0 aromatic heterocycles. The highest BCUT2D eigenvalue weighted by Crippen LogP contribution is 2.22. The molecule has 0 fully saturated rings. The lowest BCUT2D eigenvalue weighted by atomic mass is 10.1. The van der Waals surface area contributed by atoms with E-state index in [4.69, 9.17) is 5.73 Å². The van der Waals surface area contributed by atoms with E-state index in [1.807, 2.05) is 25.9 Å². The second-order valence-corrected chi connectivity index (χ2v) is 7.42. The summed E-state index contributed by atoms with van der Waals surface area (Å²) in [6.45, 7) is 5.69. The third-order valence-electron chi connectivity index (χ3n) is 2.69. The summed E-state index contributed by atoms with van der Waals surface area (Å²) in [6.07, 6.45) is 0. The third kappa shape index (κ3) is 4.49. The van der Waals surface area contributed by atoms with E-state index < -0.39 is 15.6 Å². The first-order valence-electron chi connectivity index (χ1n) is 6.09. The Balaban J connectivity index is 3.06. The van der Waals surface area contributed by atoms with Crippen molar-refractivity contribution in [2.24, 2.45) is 5.73 Å². The summed E-state index contributed by atoms with van der Waals surface area (Å²) in [5.74, 6) is 0. The van der Waals surface area contributed by atoms with E-state index >= 15 is 0 Å². The molecule has 0 amide bonds. The molecule has 1 aromatic carbocycles. The van der Waals surface area contributed by atoms with Crippen LogP contribution in [0, 0.1) is 6.92 Å². The topological polar surface area (TPSA) is 75.4 Å². The van der Waals surface area contributed by atoms with Crippen LogP contribution in [-0.2, 0) is 10.0 Å². The lowest BCUT2D eigenvalue weighted by Gasteiger charge is -2.20. The Morgan fingerprint density at radius 2 is 1.89 bits per heavy atom. The van der Waals surface area contributed by atoms with E-state index in [-0.39, 0.29) is 11.4 Å². The summed E-state index contributed by atoms with van der Waals surface area (Å²) >= 11 is 0. The molecule has 6 heteroatoms. The number of aryl methyl sites for hydroxylation is 1. The van der Waals surface area contributed by atoms with E-state index in [0.717, 1.165) is 11.3 Å². The van der Waals surface area contributed by atoms with Crippen LogP contribution in [0.25, 0.3) is 0 Å². The minimum atomic E-state index is -3.52. The SMILES string of the molecule is Cc1ccc(S(=O)(=O)NCC(C)(C)N)cc1N(C)C. The van der Waals surface area contributed by atoms with Crippen molar-refractivity contribution in [2.45, 2.75) is 31.2 Å². The number of rotatable bonds is 5. The second-order valence-electron chi connectivity index (χ2n) is 5.66. The molecule has 3 N–H and O–H groups in total. The van der Waals surface area contributed by atoms with Gasteiger partial charge in [0.05, 0.1) is 4.90 Å². The predicted molar refractivity (Wildman–Crippen MR) is 79.0 cm³/mol. The van der Waals surface area contributed by atoms with Crippen molar-refractivity contribution < 1.29 is 8.42 Å². The van der Waals surface area contributed by atoms with Gasteiger partial charge in [-0.25, -0.2) is 13.1 Å². The lowest BCUT2D eigenvalue weighted by molar-refractivity contribution is 0.498. The maximum Gasteiger partial charge on any atom is 0.240 e. The van der Waals surface area contributed by atoms with Gasteiger partial charge in [0.15, 0.2) is 0 Å². The molecule has 0 aliphatic heterocycles. The molecule has 0 unspecified atom stereocenters. The second kappa shape index (κ2) is 5.48. The van der Waals surface area contributed by atoms with Crippen molar-refractivity contribution in [3.63, 3.8) is 0 Å². The molecular weight excluding hydrogens is 262 g/mol. The summed E-state index contributed by atoms with van der Waals surface area (Å²) in [6, 6.07) is 5.08. The number of benzene rings is 1. The van der Waals surface area contributed by atoms with Crippen LogP contribution in [0.1, 0.15) is 19.4 Å². The Morgan fingerprint density at radius 1 is 1.32 bits per heavy atom. The van der Waals surface area contributed by atoms with Crippen molar-refractivity contribution in [1.82, 2.24) is 4.72 Å². The van der Waals surface area contributed by atoms with Crippen molar-refractivity contribution in [2.75, 3.05) is 25.5 Å². The van der Waals surface area contributed by atoms with Crippen molar-refractivity contribution in [1.29, 1.82) is 0 Å². The molecule has 0 aliphatic carbocycles. The van der Waals surface area contributed by atoms with Crippen molar-refractivity contribution in [3.8, 4) is 0 Å². The van der Waals surface area contributed by atoms with Gasteiger partial charge in [-0.2, -0.15) is 0 Å². The molecule has 0 radical (unpaired) electrons. The van der Waals surface area contributed by atoms with Gasteiger partial charge in [0.25, 0.3) is 0 Å². The molecule has 1 aromatic rings. The summed E-state index contributed by atoms with van der Waals surface area (Å²) < 4.78 is 26.9. The molecule has 0 spiro atoms. The van der Waals surface area contributed by atoms with E-state index in [1.165, 1.54) is 0 Å². The van der Waals surface area contributed by atoms with Crippen LogP contribution in [-0.4, -0.2) is 34.6 Å². The number of nitrogens with zero attached hydrogens (tertiary/aromatic N) is 1. The number of sulfonamides is 1. The van der Waals surface area contributed by atoms with Gasteiger partial charge in [-0.15, -0.1) is 0 Å². The van der Waals surface area contributed by atoms with E-state index in [1.54, 1.807) is 32.0 Å². The maximum absolute atomic E-state index is 12.2. The highest BCUT2D eigenvalue weighted by Gasteiger charge is 2.19. The quantitative estimate of drug-likeness (QED) is 0.849. The fraction of sp³-hybridized carbons (Fsp3) is 0.538. The zero-order valence-electron chi connectivity index (χ0n) is 12.2. The summed E-state index contributed by atoms with van der Waals surface area (Å²) in [5.41, 5.74) is 7.12. The minimum absolute atomic E-state index is 0.195. The van der Waals surface area contributed by atoms with Crippen LogP contribution in [0.4, 0.5) is 5.69 Å². The smallest absolute Gasteiger partial charge is 0.240 e. The zero-order valence-corrected chi connectivity index (χ0v) is 13.0. The normalized spacial score (nSPS) is 12.5. The predicted octanol–water partition coefficient (Wildman–Crippen LogP) is 1.08. The van der Waals surface area contributed by atoms with Gasteiger partial charge in [0, 0.05) is 31.9 Å². The number of nitrogens with one attached hydrogen (secondary N) is 1. The maximum atomic E-state index is 12.2. The fourth-order valence-electron chi connectivity index (χ4n) is 1.60. The number of hydrogen-bond donors (Lipinski definition) is 2. The molecule has 0 aliphatic rings. The molecule has 1 rings (SSSR count). The molecule has 0 saturated carbocycles. The third-order valence-corrected chi connectivity index (χ3v) is 4.09. The fourth-order valence-corrected chi connectivity index (χ4v) is 2.85. The van der Waals surface area contributed by atoms with Gasteiger partial charge in [0.2, 0.25) is 10.0 Å². The highest BCUT2D eigenvalue weighted by atomic mass is 32.2. The van der Waals surface area contributed by atoms with Gasteiger partial charge in [-0.05, 0) is 38.5 Å². The minimum Gasteiger partial charge on any atom is -0.377 e. The number of hydrogen-bond acceptors (Lipinski definition) is 4. The van der Waals surface area contributed by atoms with Crippen LogP contribution >= 0.6 is 0 Å². The average molecular weight is 285 g/mol. The Bertz CT molecular complexity index is 545. The highest BCUT2D eigenvalue weighted by molar-refractivity contribution is 7.89. The molecule has 0 saturated heterocycles. The molecular formula is C13H23N3O2S. The van der Waals surface area contributed by atoms with Crippen molar-refractivity contribution in [3.05, 3.63) is 23.8 Å². The van der Waals surface area contributed by atoms with Gasteiger partial charge < -0.3 is 10.6 Å². The summed E-state index contributed by atoms with van der Waals surface area (Å²) in [7, 11) is 0.245. The zero-order chi connectivity index (χ0) is 14.8. The van der Waals surface area contributed by atoms with Gasteiger partial charge in [0.1, 0.15) is 0 Å². The van der Waals surface area contributed by atoms with Crippen LogP contribution in [0.2, 0.25) is 0 Å². The summed E-state index contributed by atoms with van der Waals surface area (Å²) in [4.78, 5) is 2.15. The molecule has 5 nitrogen and oxygen atoms in total. The molecule has 0 heterocycles. The average Bonchev–Trinajstić information content (AvgIpc) is 2.25. The van der Waals surface area contributed by atoms with Crippen molar-refractivity contribution >= 4 is 15.7 Å². The first-order chi connectivity index (χ1) is 8.53. The summed E-state index contributed by atoms with van der Waals surface area (Å²) in [5, 5.41) is 0. The van der Waals surface area contributed by atoms with E-state index in [2.05, 4.69) is 4.72 Å². The Morgan fingerprint density at radius 3 is 2.37 bits per heavy atom. The van der Waals surface area contributed by atoms with E-state index in [9.17, 15) is 8.42 Å². The molecule has 19 heavy (non-hydrogen) atoms. The molecule has 108 valence electrons. The standard InChI is InChI=1S/C13H23N3O2S/c1-10-6-7-11(8-12(10)16(4)5)19(17,18)15-9-13(2,3)14/h6-8,15H,9,14H2,1-5H3. The molecule has 0 bridgehead atoms. The Hall–Kier alpha value is -1.11.